The van der Waals surface area contributed by atoms with Gasteiger partial charge in [0, 0.05) is 16.2 Å². The molecule has 0 aliphatic heterocycles. The summed E-state index contributed by atoms with van der Waals surface area (Å²) in [5.74, 6) is 0.918. The number of carbonyl (C=O) groups is 1. The van der Waals surface area contributed by atoms with E-state index in [1.54, 1.807) is 29.2 Å². The van der Waals surface area contributed by atoms with E-state index in [1.165, 1.54) is 6.33 Å². The highest BCUT2D eigenvalue weighted by Crippen LogP contribution is 2.23. The Balaban J connectivity index is 1.38. The van der Waals surface area contributed by atoms with Crippen molar-refractivity contribution in [3.05, 3.63) is 101 Å². The van der Waals surface area contributed by atoms with Gasteiger partial charge < -0.3 is 14.8 Å². The van der Waals surface area contributed by atoms with Gasteiger partial charge in [-0.1, -0.05) is 46.3 Å². The van der Waals surface area contributed by atoms with Gasteiger partial charge in [-0.05, 0) is 42.0 Å². The number of carbonyl (C=O) groups excluding carboxylic acids is 1. The van der Waals surface area contributed by atoms with Gasteiger partial charge in [0.1, 0.15) is 37.4 Å². The molecule has 0 aliphatic carbocycles. The third-order valence-corrected chi connectivity index (χ3v) is 5.06. The molecular formula is C24H21BrN4O3. The smallest absolute Gasteiger partial charge is 0.259 e. The average Bonchev–Trinajstić information content (AvgIpc) is 3.32. The first-order valence-corrected chi connectivity index (χ1v) is 10.8. The number of anilines is 1. The number of hydrogen-bond acceptors (Lipinski definition) is 5. The highest BCUT2D eigenvalue weighted by molar-refractivity contribution is 9.10. The molecule has 0 aliphatic rings. The topological polar surface area (TPSA) is 78.3 Å². The second-order valence-electron chi connectivity index (χ2n) is 6.90. The standard InChI is InChI=1S/C24H21BrN4O3/c25-19-6-3-5-18(13-19)15-32-23-10-2-1-9-22(23)24(30)28-20-7-4-8-21(14-20)31-12-11-29-17-26-16-27-29/h1-10,13-14,16-17H,11-12,15H2,(H,28,30). The van der Waals surface area contributed by atoms with Crippen molar-refractivity contribution in [2.24, 2.45) is 0 Å². The summed E-state index contributed by atoms with van der Waals surface area (Å²) in [5.41, 5.74) is 2.10. The van der Waals surface area contributed by atoms with Crippen LogP contribution in [0.2, 0.25) is 0 Å². The Kier molecular flexibility index (Phi) is 7.14. The minimum atomic E-state index is -0.255. The zero-order chi connectivity index (χ0) is 22.2. The Labute approximate surface area is 194 Å². The molecule has 4 aromatic rings. The van der Waals surface area contributed by atoms with Crippen molar-refractivity contribution >= 4 is 27.5 Å². The molecule has 0 fully saturated rings. The number of rotatable bonds is 9. The first-order valence-electron chi connectivity index (χ1n) is 10.0. The molecule has 1 amide bonds. The van der Waals surface area contributed by atoms with E-state index in [9.17, 15) is 4.79 Å². The van der Waals surface area contributed by atoms with Crippen LogP contribution in [-0.2, 0) is 13.2 Å². The molecule has 0 radical (unpaired) electrons. The minimum absolute atomic E-state index is 0.255. The third-order valence-electron chi connectivity index (χ3n) is 4.56. The summed E-state index contributed by atoms with van der Waals surface area (Å²) < 4.78 is 14.4. The highest BCUT2D eigenvalue weighted by atomic mass is 79.9. The number of benzene rings is 3. The predicted octanol–water partition coefficient (Wildman–Crippen LogP) is 4.95. The van der Waals surface area contributed by atoms with Gasteiger partial charge in [-0.25, -0.2) is 9.67 Å². The lowest BCUT2D eigenvalue weighted by Gasteiger charge is -2.13. The summed E-state index contributed by atoms with van der Waals surface area (Å²) in [5, 5.41) is 6.96. The normalized spacial score (nSPS) is 10.5. The zero-order valence-electron chi connectivity index (χ0n) is 17.1. The van der Waals surface area contributed by atoms with Gasteiger partial charge >= 0.3 is 0 Å². The van der Waals surface area contributed by atoms with Gasteiger partial charge in [-0.2, -0.15) is 5.10 Å². The van der Waals surface area contributed by atoms with E-state index in [4.69, 9.17) is 9.47 Å². The molecule has 0 unspecified atom stereocenters. The highest BCUT2D eigenvalue weighted by Gasteiger charge is 2.13. The Morgan fingerprint density at radius 1 is 1.00 bits per heavy atom. The number of hydrogen-bond donors (Lipinski definition) is 1. The van der Waals surface area contributed by atoms with Gasteiger partial charge in [0.05, 0.1) is 12.1 Å². The maximum absolute atomic E-state index is 12.9. The largest absolute Gasteiger partial charge is 0.492 e. The lowest BCUT2D eigenvalue weighted by molar-refractivity contribution is 0.102. The molecule has 162 valence electrons. The number of nitrogens with one attached hydrogen (secondary N) is 1. The molecule has 0 atom stereocenters. The van der Waals surface area contributed by atoms with Gasteiger partial charge in [-0.15, -0.1) is 0 Å². The van der Waals surface area contributed by atoms with Crippen LogP contribution in [0.25, 0.3) is 0 Å². The molecule has 0 spiro atoms. The molecule has 1 N–H and O–H groups in total. The first kappa shape index (κ1) is 21.6. The Hall–Kier alpha value is -3.65. The molecule has 4 rings (SSSR count). The molecule has 1 aromatic heterocycles. The van der Waals surface area contributed by atoms with Crippen LogP contribution in [-0.4, -0.2) is 27.3 Å². The second-order valence-corrected chi connectivity index (χ2v) is 7.82. The monoisotopic (exact) mass is 492 g/mol. The van der Waals surface area contributed by atoms with Gasteiger partial charge in [0.25, 0.3) is 5.91 Å². The van der Waals surface area contributed by atoms with Crippen molar-refractivity contribution in [3.63, 3.8) is 0 Å². The van der Waals surface area contributed by atoms with E-state index in [-0.39, 0.29) is 5.91 Å². The van der Waals surface area contributed by atoms with Crippen LogP contribution in [0.15, 0.2) is 89.9 Å². The maximum Gasteiger partial charge on any atom is 0.259 e. The van der Waals surface area contributed by atoms with Crippen LogP contribution < -0.4 is 14.8 Å². The lowest BCUT2D eigenvalue weighted by Crippen LogP contribution is -2.14. The molecular weight excluding hydrogens is 472 g/mol. The van der Waals surface area contributed by atoms with E-state index in [1.807, 2.05) is 54.6 Å². The molecule has 3 aromatic carbocycles. The summed E-state index contributed by atoms with van der Waals surface area (Å²) in [6.45, 7) is 1.38. The molecule has 0 saturated heterocycles. The molecule has 8 heteroatoms. The van der Waals surface area contributed by atoms with Crippen LogP contribution in [0, 0.1) is 0 Å². The van der Waals surface area contributed by atoms with E-state index < -0.39 is 0 Å². The lowest BCUT2D eigenvalue weighted by atomic mass is 10.1. The van der Waals surface area contributed by atoms with Crippen molar-refractivity contribution in [2.45, 2.75) is 13.2 Å². The summed E-state index contributed by atoms with van der Waals surface area (Å²) in [6, 6.07) is 22.3. The molecule has 7 nitrogen and oxygen atoms in total. The zero-order valence-corrected chi connectivity index (χ0v) is 18.7. The number of aromatic nitrogens is 3. The van der Waals surface area contributed by atoms with E-state index in [0.29, 0.717) is 42.5 Å². The summed E-state index contributed by atoms with van der Waals surface area (Å²) in [7, 11) is 0. The van der Waals surface area contributed by atoms with Crippen LogP contribution in [0.1, 0.15) is 15.9 Å². The molecule has 0 saturated carbocycles. The maximum atomic E-state index is 12.9. The van der Waals surface area contributed by atoms with Gasteiger partial charge in [-0.3, -0.25) is 4.79 Å². The second kappa shape index (κ2) is 10.6. The number of amides is 1. The van der Waals surface area contributed by atoms with E-state index in [0.717, 1.165) is 10.0 Å². The van der Waals surface area contributed by atoms with Crippen LogP contribution in [0.3, 0.4) is 0 Å². The molecule has 32 heavy (non-hydrogen) atoms. The van der Waals surface area contributed by atoms with Gasteiger partial charge in [0.2, 0.25) is 0 Å². The summed E-state index contributed by atoms with van der Waals surface area (Å²) in [6.07, 6.45) is 3.12. The number of halogens is 1. The summed E-state index contributed by atoms with van der Waals surface area (Å²) >= 11 is 3.46. The SMILES string of the molecule is O=C(Nc1cccc(OCCn2cncn2)c1)c1ccccc1OCc1cccc(Br)c1. The van der Waals surface area contributed by atoms with Crippen molar-refractivity contribution < 1.29 is 14.3 Å². The Morgan fingerprint density at radius 2 is 1.88 bits per heavy atom. The fraction of sp³-hybridized carbons (Fsp3) is 0.125. The van der Waals surface area contributed by atoms with Crippen molar-refractivity contribution in [3.8, 4) is 11.5 Å². The van der Waals surface area contributed by atoms with Crippen LogP contribution in [0.5, 0.6) is 11.5 Å². The fourth-order valence-electron chi connectivity index (χ4n) is 3.04. The molecule has 0 bridgehead atoms. The van der Waals surface area contributed by atoms with E-state index in [2.05, 4.69) is 31.3 Å². The predicted molar refractivity (Wildman–Crippen MR) is 125 cm³/mol. The summed E-state index contributed by atoms with van der Waals surface area (Å²) in [4.78, 5) is 16.8. The van der Waals surface area contributed by atoms with Gasteiger partial charge in [0.15, 0.2) is 0 Å². The Bertz CT molecular complexity index is 1180. The third kappa shape index (κ3) is 5.95. The first-order chi connectivity index (χ1) is 15.7. The average molecular weight is 493 g/mol. The number of nitrogens with zero attached hydrogens (tertiary/aromatic N) is 3. The number of ether oxygens (including phenoxy) is 2. The quantitative estimate of drug-likeness (QED) is 0.357. The fourth-order valence-corrected chi connectivity index (χ4v) is 3.48. The van der Waals surface area contributed by atoms with Crippen molar-refractivity contribution in [1.29, 1.82) is 0 Å². The Morgan fingerprint density at radius 3 is 2.72 bits per heavy atom. The molecule has 1 heterocycles. The van der Waals surface area contributed by atoms with Crippen molar-refractivity contribution in [1.82, 2.24) is 14.8 Å². The van der Waals surface area contributed by atoms with Crippen LogP contribution in [0.4, 0.5) is 5.69 Å². The van der Waals surface area contributed by atoms with Crippen molar-refractivity contribution in [2.75, 3.05) is 11.9 Å². The number of para-hydroxylation sites is 1. The van der Waals surface area contributed by atoms with E-state index >= 15 is 0 Å². The minimum Gasteiger partial charge on any atom is -0.492 e. The van der Waals surface area contributed by atoms with Crippen LogP contribution >= 0.6 is 15.9 Å².